The quantitative estimate of drug-likeness (QED) is 0.686. The smallest absolute Gasteiger partial charge is 0.200 e. The van der Waals surface area contributed by atoms with Crippen LogP contribution in [-0.2, 0) is 6.54 Å². The molecule has 1 saturated heterocycles. The van der Waals surface area contributed by atoms with Gasteiger partial charge in [-0.05, 0) is 51.4 Å². The SMILES string of the molecule is COc1ccccc1-c1c(C)oc2c(CN3CCCC[C@H]3C)c(O)ccc2c1=O. The molecule has 0 aliphatic carbocycles. The molecule has 29 heavy (non-hydrogen) atoms. The molecule has 0 unspecified atom stereocenters. The van der Waals surface area contributed by atoms with Gasteiger partial charge in [0.15, 0.2) is 0 Å². The summed E-state index contributed by atoms with van der Waals surface area (Å²) in [5.74, 6) is 1.32. The standard InChI is InChI=1S/C24H27NO4/c1-15-8-6-7-13-25(15)14-19-20(26)12-11-18-23(27)22(16(2)29-24(18)19)17-9-4-5-10-21(17)28-3/h4-5,9-12,15,26H,6-8,13-14H2,1-3H3/t15-/m1/s1. The van der Waals surface area contributed by atoms with Crippen molar-refractivity contribution in [2.24, 2.45) is 0 Å². The first-order chi connectivity index (χ1) is 14.0. The van der Waals surface area contributed by atoms with Gasteiger partial charge in [-0.15, -0.1) is 0 Å². The minimum absolute atomic E-state index is 0.110. The summed E-state index contributed by atoms with van der Waals surface area (Å²) in [6.45, 7) is 5.56. The third-order valence-electron chi connectivity index (χ3n) is 5.99. The van der Waals surface area contributed by atoms with E-state index in [2.05, 4.69) is 11.8 Å². The summed E-state index contributed by atoms with van der Waals surface area (Å²) in [6.07, 6.45) is 3.53. The number of methoxy groups -OCH3 is 1. The first-order valence-electron chi connectivity index (χ1n) is 10.2. The molecule has 4 rings (SSSR count). The number of hydrogen-bond acceptors (Lipinski definition) is 5. The van der Waals surface area contributed by atoms with Crippen molar-refractivity contribution in [3.8, 4) is 22.6 Å². The van der Waals surface area contributed by atoms with Gasteiger partial charge in [-0.2, -0.15) is 0 Å². The van der Waals surface area contributed by atoms with Crippen molar-refractivity contribution in [3.05, 3.63) is 57.9 Å². The van der Waals surface area contributed by atoms with Gasteiger partial charge in [0.25, 0.3) is 0 Å². The monoisotopic (exact) mass is 393 g/mol. The fourth-order valence-corrected chi connectivity index (χ4v) is 4.32. The molecule has 1 fully saturated rings. The fraction of sp³-hybridized carbons (Fsp3) is 0.375. The van der Waals surface area contributed by atoms with Crippen LogP contribution in [0.15, 0.2) is 45.6 Å². The summed E-state index contributed by atoms with van der Waals surface area (Å²) in [7, 11) is 1.59. The van der Waals surface area contributed by atoms with Crippen molar-refractivity contribution in [1.82, 2.24) is 4.90 Å². The highest BCUT2D eigenvalue weighted by Crippen LogP contribution is 2.35. The minimum Gasteiger partial charge on any atom is -0.507 e. The third kappa shape index (κ3) is 3.51. The lowest BCUT2D eigenvalue weighted by Crippen LogP contribution is -2.36. The van der Waals surface area contributed by atoms with Crippen molar-refractivity contribution in [1.29, 1.82) is 0 Å². The third-order valence-corrected chi connectivity index (χ3v) is 5.99. The number of phenolic OH excluding ortho intramolecular Hbond substituents is 1. The van der Waals surface area contributed by atoms with E-state index < -0.39 is 0 Å². The van der Waals surface area contributed by atoms with Crippen molar-refractivity contribution in [3.63, 3.8) is 0 Å². The van der Waals surface area contributed by atoms with Gasteiger partial charge in [0, 0.05) is 18.2 Å². The zero-order valence-corrected chi connectivity index (χ0v) is 17.2. The Bertz CT molecular complexity index is 1100. The molecular weight excluding hydrogens is 366 g/mol. The van der Waals surface area contributed by atoms with Crippen LogP contribution in [0.2, 0.25) is 0 Å². The number of aromatic hydroxyl groups is 1. The number of piperidine rings is 1. The molecule has 0 amide bonds. The number of phenols is 1. The zero-order valence-electron chi connectivity index (χ0n) is 17.2. The van der Waals surface area contributed by atoms with Crippen molar-refractivity contribution in [2.45, 2.75) is 45.7 Å². The van der Waals surface area contributed by atoms with Gasteiger partial charge in [0.1, 0.15) is 22.8 Å². The van der Waals surface area contributed by atoms with Crippen molar-refractivity contribution >= 4 is 11.0 Å². The zero-order chi connectivity index (χ0) is 20.5. The first-order valence-corrected chi connectivity index (χ1v) is 10.2. The van der Waals surface area contributed by atoms with Crippen LogP contribution in [0.25, 0.3) is 22.1 Å². The van der Waals surface area contributed by atoms with Gasteiger partial charge in [-0.3, -0.25) is 9.69 Å². The number of likely N-dealkylation sites (tertiary alicyclic amines) is 1. The molecule has 152 valence electrons. The Morgan fingerprint density at radius 1 is 1.21 bits per heavy atom. The Labute approximate surface area is 170 Å². The lowest BCUT2D eigenvalue weighted by Gasteiger charge is -2.33. The maximum Gasteiger partial charge on any atom is 0.200 e. The van der Waals surface area contributed by atoms with Crippen molar-refractivity contribution in [2.75, 3.05) is 13.7 Å². The molecule has 0 radical (unpaired) electrons. The van der Waals surface area contributed by atoms with Crippen LogP contribution in [0.5, 0.6) is 11.5 Å². The Balaban J connectivity index is 1.88. The van der Waals surface area contributed by atoms with Gasteiger partial charge in [-0.1, -0.05) is 24.6 Å². The van der Waals surface area contributed by atoms with E-state index in [1.807, 2.05) is 24.3 Å². The molecule has 5 nitrogen and oxygen atoms in total. The van der Waals surface area contributed by atoms with Gasteiger partial charge in [0.05, 0.1) is 23.6 Å². The number of ether oxygens (including phenoxy) is 1. The maximum absolute atomic E-state index is 13.4. The Hall–Kier alpha value is -2.79. The van der Waals surface area contributed by atoms with Crippen LogP contribution in [-0.4, -0.2) is 29.7 Å². The predicted octanol–water partition coefficient (Wildman–Crippen LogP) is 4.86. The van der Waals surface area contributed by atoms with E-state index in [1.54, 1.807) is 26.2 Å². The highest BCUT2D eigenvalue weighted by molar-refractivity contribution is 5.87. The molecule has 1 aliphatic rings. The number of hydrogen-bond donors (Lipinski definition) is 1. The summed E-state index contributed by atoms with van der Waals surface area (Å²) in [6, 6.07) is 11.1. The van der Waals surface area contributed by atoms with Crippen LogP contribution in [0.3, 0.4) is 0 Å². The second kappa shape index (κ2) is 7.91. The molecule has 2 heterocycles. The van der Waals surface area contributed by atoms with Gasteiger partial charge < -0.3 is 14.3 Å². The summed E-state index contributed by atoms with van der Waals surface area (Å²) in [5, 5.41) is 11.0. The van der Waals surface area contributed by atoms with E-state index in [9.17, 15) is 9.90 Å². The highest BCUT2D eigenvalue weighted by Gasteiger charge is 2.24. The molecule has 5 heteroatoms. The van der Waals surface area contributed by atoms with Crippen LogP contribution >= 0.6 is 0 Å². The summed E-state index contributed by atoms with van der Waals surface area (Å²) in [4.78, 5) is 15.8. The lowest BCUT2D eigenvalue weighted by molar-refractivity contribution is 0.151. The number of para-hydroxylation sites is 1. The van der Waals surface area contributed by atoms with Crippen LogP contribution in [0.4, 0.5) is 0 Å². The summed E-state index contributed by atoms with van der Waals surface area (Å²) >= 11 is 0. The number of fused-ring (bicyclic) bond motifs is 1. The first kappa shape index (κ1) is 19.5. The second-order valence-electron chi connectivity index (χ2n) is 7.82. The Morgan fingerprint density at radius 2 is 2.00 bits per heavy atom. The van der Waals surface area contributed by atoms with Gasteiger partial charge >= 0.3 is 0 Å². The molecule has 1 atom stereocenters. The maximum atomic E-state index is 13.4. The van der Waals surface area contributed by atoms with E-state index in [0.717, 1.165) is 19.4 Å². The summed E-state index contributed by atoms with van der Waals surface area (Å²) in [5.41, 5.74) is 2.26. The van der Waals surface area contributed by atoms with Crippen LogP contribution in [0.1, 0.15) is 37.5 Å². The van der Waals surface area contributed by atoms with E-state index in [0.29, 0.717) is 51.8 Å². The van der Waals surface area contributed by atoms with Crippen molar-refractivity contribution < 1.29 is 14.3 Å². The normalized spacial score (nSPS) is 17.6. The summed E-state index contributed by atoms with van der Waals surface area (Å²) < 4.78 is 11.6. The molecule has 1 aliphatic heterocycles. The predicted molar refractivity (Wildman–Crippen MR) is 115 cm³/mol. The molecule has 0 spiro atoms. The molecule has 1 aromatic heterocycles. The van der Waals surface area contributed by atoms with Gasteiger partial charge in [0.2, 0.25) is 5.43 Å². The van der Waals surface area contributed by atoms with E-state index in [-0.39, 0.29) is 11.2 Å². The number of rotatable bonds is 4. The number of aryl methyl sites for hydroxylation is 1. The topological polar surface area (TPSA) is 62.9 Å². The molecule has 0 bridgehead atoms. The largest absolute Gasteiger partial charge is 0.507 e. The molecule has 0 saturated carbocycles. The van der Waals surface area contributed by atoms with E-state index in [4.69, 9.17) is 9.15 Å². The van der Waals surface area contributed by atoms with Gasteiger partial charge in [-0.25, -0.2) is 0 Å². The van der Waals surface area contributed by atoms with Crippen LogP contribution in [0, 0.1) is 6.92 Å². The number of benzene rings is 2. The lowest BCUT2D eigenvalue weighted by atomic mass is 9.99. The number of nitrogens with zero attached hydrogens (tertiary/aromatic N) is 1. The Morgan fingerprint density at radius 3 is 2.76 bits per heavy atom. The second-order valence-corrected chi connectivity index (χ2v) is 7.82. The molecule has 3 aromatic rings. The highest BCUT2D eigenvalue weighted by atomic mass is 16.5. The average Bonchev–Trinajstić information content (AvgIpc) is 2.72. The van der Waals surface area contributed by atoms with E-state index in [1.165, 1.54) is 6.42 Å². The molecule has 1 N–H and O–H groups in total. The van der Waals surface area contributed by atoms with Crippen LogP contribution < -0.4 is 10.2 Å². The molecule has 2 aromatic carbocycles. The minimum atomic E-state index is -0.110. The van der Waals surface area contributed by atoms with E-state index >= 15 is 0 Å². The fourth-order valence-electron chi connectivity index (χ4n) is 4.32. The average molecular weight is 393 g/mol. The Kier molecular flexibility index (Phi) is 5.33. The molecular formula is C24H27NO4.